The summed E-state index contributed by atoms with van der Waals surface area (Å²) >= 11 is 6.23. The lowest BCUT2D eigenvalue weighted by Gasteiger charge is -2.16. The molecule has 0 spiro atoms. The normalized spacial score (nSPS) is 18.5. The number of allylic oxidation sites excluding steroid dienone is 8. The van der Waals surface area contributed by atoms with Gasteiger partial charge in [-0.3, -0.25) is 0 Å². The number of rotatable bonds is 2. The molecule has 0 amide bonds. The first-order chi connectivity index (χ1) is 26.1. The molecule has 0 saturated heterocycles. The van der Waals surface area contributed by atoms with Gasteiger partial charge >= 0.3 is 0 Å². The summed E-state index contributed by atoms with van der Waals surface area (Å²) < 4.78 is 67.4. The lowest BCUT2D eigenvalue weighted by atomic mass is 10.00. The average molecular weight is 817 g/mol. The van der Waals surface area contributed by atoms with Gasteiger partial charge in [0.05, 0.1) is 91.7 Å². The summed E-state index contributed by atoms with van der Waals surface area (Å²) in [6.07, 6.45) is 0. The average Bonchev–Trinajstić information content (AvgIpc) is 3.99. The first-order valence-corrected chi connectivity index (χ1v) is 19.3. The van der Waals surface area contributed by atoms with Gasteiger partial charge in [0.25, 0.3) is 34.6 Å². The van der Waals surface area contributed by atoms with Crippen LogP contribution < -0.4 is 0 Å². The fourth-order valence-electron chi connectivity index (χ4n) is 6.93. The number of aryl methyl sites for hydroxylation is 2. The highest BCUT2D eigenvalue weighted by Crippen LogP contribution is 2.64. The third-order valence-corrected chi connectivity index (χ3v) is 16.7. The first-order valence-electron chi connectivity index (χ1n) is 15.2. The van der Waals surface area contributed by atoms with E-state index in [0.717, 1.165) is 62.4 Å². The third kappa shape index (κ3) is 4.67. The molecule has 0 atom stereocenters. The number of nitriles is 4. The maximum absolute atomic E-state index is 15.9. The van der Waals surface area contributed by atoms with Crippen molar-refractivity contribution in [2.24, 2.45) is 0 Å². The van der Waals surface area contributed by atoms with Crippen molar-refractivity contribution in [3.05, 3.63) is 112 Å². The summed E-state index contributed by atoms with van der Waals surface area (Å²) in [6.45, 7) is 36.7. The molecule has 8 nitrogen and oxygen atoms in total. The van der Waals surface area contributed by atoms with Gasteiger partial charge in [-0.25, -0.2) is 40.4 Å². The summed E-state index contributed by atoms with van der Waals surface area (Å²) in [7, 11) is 0. The molecule has 0 unspecified atom stereocenters. The number of nitrogens with zero attached hydrogens (tertiary/aromatic N) is 8. The molecule has 0 radical (unpaired) electrons. The van der Waals surface area contributed by atoms with Crippen LogP contribution in [0, 0.1) is 99.3 Å². The maximum Gasteiger partial charge on any atom is 0.284 e. The molecule has 0 aromatic carbocycles. The van der Waals surface area contributed by atoms with E-state index >= 15 is 17.6 Å². The zero-order valence-corrected chi connectivity index (χ0v) is 32.2. The number of hydrogen-bond acceptors (Lipinski definition) is 9. The second-order valence-corrected chi connectivity index (χ2v) is 17.1. The molecule has 262 valence electrons. The molecule has 5 aromatic heterocycles. The highest BCUT2D eigenvalue weighted by atomic mass is 32.1. The van der Waals surface area contributed by atoms with Crippen molar-refractivity contribution in [1.82, 2.24) is 0 Å². The Kier molecular flexibility index (Phi) is 8.47. The number of halogens is 4. The molecule has 0 aliphatic heterocycles. The van der Waals surface area contributed by atoms with Crippen LogP contribution in [0.25, 0.3) is 80.0 Å². The van der Waals surface area contributed by atoms with Gasteiger partial charge in [0.2, 0.25) is 0 Å². The second-order valence-electron chi connectivity index (χ2n) is 12.0. The minimum Gasteiger partial charge on any atom is -0.226 e. The number of thiophene rings is 5. The van der Waals surface area contributed by atoms with Gasteiger partial charge < -0.3 is 0 Å². The van der Waals surface area contributed by atoms with Crippen LogP contribution in [0.3, 0.4) is 0 Å². The smallest absolute Gasteiger partial charge is 0.226 e. The van der Waals surface area contributed by atoms with E-state index in [1.54, 1.807) is 38.1 Å². The van der Waals surface area contributed by atoms with Crippen LogP contribution in [0.1, 0.15) is 43.1 Å². The van der Waals surface area contributed by atoms with Crippen molar-refractivity contribution in [2.75, 3.05) is 0 Å². The molecule has 0 fully saturated rings. The largest absolute Gasteiger partial charge is 0.284 e. The van der Waals surface area contributed by atoms with Crippen LogP contribution in [0.2, 0.25) is 0 Å². The van der Waals surface area contributed by atoms with E-state index in [2.05, 4.69) is 19.4 Å². The van der Waals surface area contributed by atoms with E-state index in [1.165, 1.54) is 34.0 Å². The van der Waals surface area contributed by atoms with Gasteiger partial charge in [0, 0.05) is 29.3 Å². The van der Waals surface area contributed by atoms with Gasteiger partial charge in [-0.05, 0) is 61.1 Å². The topological polar surface area (TPSA) is 113 Å². The van der Waals surface area contributed by atoms with Gasteiger partial charge in [0.15, 0.2) is 0 Å². The van der Waals surface area contributed by atoms with Gasteiger partial charge in [0.1, 0.15) is 0 Å². The van der Waals surface area contributed by atoms with Crippen molar-refractivity contribution < 1.29 is 17.6 Å². The third-order valence-electron chi connectivity index (χ3n) is 9.33. The van der Waals surface area contributed by atoms with Crippen molar-refractivity contribution in [3.63, 3.8) is 0 Å². The zero-order valence-electron chi connectivity index (χ0n) is 28.1. The molecular formula is C38H12F4N8S5. The quantitative estimate of drug-likeness (QED) is 0.100. The maximum atomic E-state index is 15.9. The molecule has 5 aromatic rings. The molecule has 55 heavy (non-hydrogen) atoms. The minimum atomic E-state index is -3.92. The summed E-state index contributed by atoms with van der Waals surface area (Å²) in [6, 6.07) is 6.22. The van der Waals surface area contributed by atoms with E-state index in [9.17, 15) is 21.0 Å². The fraction of sp³-hybridized carbons (Fsp3) is 0.158. The summed E-state index contributed by atoms with van der Waals surface area (Å²) in [5, 5.41) is 38.5. The standard InChI is InChI=1S/C38H12F4N8S5/c1-13-21-23(17(9-43)47-5)37(39,40)25(19(11-45)49-7)33(21)52-27(13)29-15(3)31-35(54-29)36-32(51-31)16(4)30(55-36)28-14(2)22-24(18(10-44)48-6)38(41,42)26(34(22)53-28)20(12-46)50-8/h1-4H3/b23-17-,24-18+,25-19-,26-20+. The van der Waals surface area contributed by atoms with Crippen LogP contribution in [0.15, 0.2) is 22.8 Å². The van der Waals surface area contributed by atoms with E-state index < -0.39 is 56.9 Å². The Bertz CT molecular complexity index is 2910. The van der Waals surface area contributed by atoms with E-state index in [4.69, 9.17) is 26.3 Å². The van der Waals surface area contributed by atoms with Gasteiger partial charge in [-0.2, -0.15) is 17.6 Å². The molecule has 2 aliphatic rings. The Morgan fingerprint density at radius 3 is 1.02 bits per heavy atom. The Balaban J connectivity index is 1.46. The predicted octanol–water partition coefficient (Wildman–Crippen LogP) is 12.8. The van der Waals surface area contributed by atoms with Crippen LogP contribution >= 0.6 is 56.7 Å². The lowest BCUT2D eigenvalue weighted by Crippen LogP contribution is -2.16. The van der Waals surface area contributed by atoms with Crippen molar-refractivity contribution in [2.45, 2.75) is 39.5 Å². The first kappa shape index (κ1) is 37.0. The molecule has 5 heterocycles. The van der Waals surface area contributed by atoms with Crippen LogP contribution in [-0.4, -0.2) is 11.8 Å². The summed E-state index contributed by atoms with van der Waals surface area (Å²) in [5.41, 5.74) is -4.26. The Morgan fingerprint density at radius 2 is 0.727 bits per heavy atom. The molecule has 0 saturated carbocycles. The number of alkyl halides is 4. The molecule has 7 rings (SSSR count). The molecule has 2 aliphatic carbocycles. The Labute approximate surface area is 329 Å². The zero-order chi connectivity index (χ0) is 40.0. The van der Waals surface area contributed by atoms with E-state index in [1.807, 2.05) is 13.8 Å². The van der Waals surface area contributed by atoms with Crippen molar-refractivity contribution in [3.8, 4) is 43.8 Å². The van der Waals surface area contributed by atoms with Crippen molar-refractivity contribution >= 4 is 97.8 Å². The number of fused-ring (bicyclic) bond motifs is 5. The Hall–Kier alpha value is -6.38. The summed E-state index contributed by atoms with van der Waals surface area (Å²) in [4.78, 5) is 14.8. The van der Waals surface area contributed by atoms with Crippen LogP contribution in [0.4, 0.5) is 17.6 Å². The fourth-order valence-corrected chi connectivity index (χ4v) is 14.6. The van der Waals surface area contributed by atoms with E-state index in [0.29, 0.717) is 20.9 Å². The van der Waals surface area contributed by atoms with Gasteiger partial charge in [-0.15, -0.1) is 56.7 Å². The Morgan fingerprint density at radius 1 is 0.436 bits per heavy atom. The van der Waals surface area contributed by atoms with Crippen LogP contribution in [0.5, 0.6) is 0 Å². The van der Waals surface area contributed by atoms with Crippen molar-refractivity contribution in [1.29, 1.82) is 21.0 Å². The monoisotopic (exact) mass is 816 g/mol. The highest BCUT2D eigenvalue weighted by molar-refractivity contribution is 7.41. The number of hydrogen-bond donors (Lipinski definition) is 0. The van der Waals surface area contributed by atoms with Crippen LogP contribution in [-0.2, 0) is 0 Å². The highest BCUT2D eigenvalue weighted by Gasteiger charge is 2.54. The van der Waals surface area contributed by atoms with Gasteiger partial charge in [-0.1, -0.05) is 0 Å². The predicted molar refractivity (Wildman–Crippen MR) is 207 cm³/mol. The molecular weight excluding hydrogens is 805 g/mol. The SMILES string of the molecule is [C-]#[N+]/C(C#N)=C1/c2c(sc(-c3sc4c(sc5c(C)c(-c6sc7c(c6C)/C(=C(/C#N)[N+]#[C-])C(F)(F)/C7=C(\C#N)[N+]#[C-])sc54)c3C)c2C)/C(=C(\C#N)[N+]#[C-])C1(F)F. The second kappa shape index (κ2) is 12.6. The minimum absolute atomic E-state index is 0.0383. The van der Waals surface area contributed by atoms with E-state index in [-0.39, 0.29) is 20.9 Å². The summed E-state index contributed by atoms with van der Waals surface area (Å²) in [5.74, 6) is -7.84. The molecule has 0 bridgehead atoms. The lowest BCUT2D eigenvalue weighted by molar-refractivity contribution is 0.137. The molecule has 17 heteroatoms. The molecule has 0 N–H and O–H groups in total.